The summed E-state index contributed by atoms with van der Waals surface area (Å²) in [5.41, 5.74) is 1.11. The summed E-state index contributed by atoms with van der Waals surface area (Å²) >= 11 is 0. The van der Waals surface area contributed by atoms with E-state index < -0.39 is 0 Å². The number of carbonyl (C=O) groups is 1. The van der Waals surface area contributed by atoms with Crippen LogP contribution in [0.4, 0.5) is 0 Å². The number of benzene rings is 1. The number of hydrogen-bond donors (Lipinski definition) is 1. The molecule has 3 rings (SSSR count). The summed E-state index contributed by atoms with van der Waals surface area (Å²) < 4.78 is 1.86. The first-order valence-corrected chi connectivity index (χ1v) is 8.06. The molecule has 0 radical (unpaired) electrons. The molecule has 6 heteroatoms. The van der Waals surface area contributed by atoms with Gasteiger partial charge in [0.05, 0.1) is 19.0 Å². The average Bonchev–Trinajstić information content (AvgIpc) is 2.90. The van der Waals surface area contributed by atoms with Crippen molar-refractivity contribution < 1.29 is 4.79 Å². The van der Waals surface area contributed by atoms with Gasteiger partial charge in [-0.15, -0.1) is 0 Å². The lowest BCUT2D eigenvalue weighted by molar-refractivity contribution is -0.126. The van der Waals surface area contributed by atoms with Gasteiger partial charge in [-0.1, -0.05) is 30.3 Å². The standard InChI is InChI=1S/C17H23N5O/c1-13(2)21-9-15(10-22-16(11-21)19-12-20-22)17(23)18-8-14-6-4-3-5-7-14/h3-7,12-13,15H,8-11H2,1-2H3,(H,18,23)/t15-/m1/s1. The van der Waals surface area contributed by atoms with Crippen LogP contribution in [0.1, 0.15) is 25.2 Å². The molecular weight excluding hydrogens is 290 g/mol. The summed E-state index contributed by atoms with van der Waals surface area (Å²) in [5, 5.41) is 7.31. The molecule has 1 aliphatic rings. The van der Waals surface area contributed by atoms with E-state index >= 15 is 0 Å². The number of rotatable bonds is 4. The van der Waals surface area contributed by atoms with Crippen LogP contribution in [0.5, 0.6) is 0 Å². The van der Waals surface area contributed by atoms with Gasteiger partial charge in [-0.3, -0.25) is 9.69 Å². The van der Waals surface area contributed by atoms with Gasteiger partial charge < -0.3 is 5.32 Å². The van der Waals surface area contributed by atoms with Crippen LogP contribution in [0.15, 0.2) is 36.7 Å². The molecule has 0 saturated heterocycles. The summed E-state index contributed by atoms with van der Waals surface area (Å²) in [6, 6.07) is 10.3. The Morgan fingerprint density at radius 1 is 1.30 bits per heavy atom. The molecular formula is C17H23N5O. The second kappa shape index (κ2) is 6.91. The van der Waals surface area contributed by atoms with Crippen molar-refractivity contribution >= 4 is 5.91 Å². The zero-order chi connectivity index (χ0) is 16.2. The first-order valence-electron chi connectivity index (χ1n) is 8.06. The van der Waals surface area contributed by atoms with Crippen LogP contribution in [0, 0.1) is 5.92 Å². The van der Waals surface area contributed by atoms with Crippen molar-refractivity contribution in [3.05, 3.63) is 48.0 Å². The lowest BCUT2D eigenvalue weighted by Gasteiger charge is -2.26. The summed E-state index contributed by atoms with van der Waals surface area (Å²) in [4.78, 5) is 19.2. The first-order chi connectivity index (χ1) is 11.1. The van der Waals surface area contributed by atoms with Crippen molar-refractivity contribution in [3.63, 3.8) is 0 Å². The van der Waals surface area contributed by atoms with Gasteiger partial charge in [0.15, 0.2) is 0 Å². The van der Waals surface area contributed by atoms with E-state index in [1.54, 1.807) is 6.33 Å². The minimum Gasteiger partial charge on any atom is -0.352 e. The van der Waals surface area contributed by atoms with E-state index in [0.717, 1.165) is 24.5 Å². The maximum Gasteiger partial charge on any atom is 0.226 e. The lowest BCUT2D eigenvalue weighted by Crippen LogP contribution is -2.41. The third-order valence-corrected chi connectivity index (χ3v) is 4.30. The number of amides is 1. The molecule has 2 heterocycles. The predicted octanol–water partition coefficient (Wildman–Crippen LogP) is 1.43. The summed E-state index contributed by atoms with van der Waals surface area (Å²) in [6.07, 6.45) is 1.57. The Morgan fingerprint density at radius 3 is 2.83 bits per heavy atom. The fourth-order valence-corrected chi connectivity index (χ4v) is 2.85. The van der Waals surface area contributed by atoms with Crippen molar-refractivity contribution in [1.82, 2.24) is 25.0 Å². The van der Waals surface area contributed by atoms with Gasteiger partial charge in [-0.25, -0.2) is 9.67 Å². The number of carbonyl (C=O) groups excluding carboxylic acids is 1. The summed E-state index contributed by atoms with van der Waals surface area (Å²) in [5.74, 6) is 0.879. The normalized spacial score (nSPS) is 18.5. The van der Waals surface area contributed by atoms with Gasteiger partial charge in [-0.2, -0.15) is 5.10 Å². The van der Waals surface area contributed by atoms with Crippen molar-refractivity contribution in [2.24, 2.45) is 5.92 Å². The number of hydrogen-bond acceptors (Lipinski definition) is 4. The third kappa shape index (κ3) is 3.76. The van der Waals surface area contributed by atoms with Gasteiger partial charge in [0, 0.05) is 19.1 Å². The van der Waals surface area contributed by atoms with Crippen LogP contribution in [0.3, 0.4) is 0 Å². The molecule has 6 nitrogen and oxygen atoms in total. The molecule has 0 saturated carbocycles. The van der Waals surface area contributed by atoms with E-state index in [1.807, 2.05) is 35.0 Å². The highest BCUT2D eigenvalue weighted by atomic mass is 16.1. The molecule has 0 fully saturated rings. The maximum absolute atomic E-state index is 12.6. The fourth-order valence-electron chi connectivity index (χ4n) is 2.85. The van der Waals surface area contributed by atoms with Gasteiger partial charge in [0.25, 0.3) is 0 Å². The van der Waals surface area contributed by atoms with Crippen molar-refractivity contribution in [2.45, 2.75) is 39.5 Å². The molecule has 1 amide bonds. The van der Waals surface area contributed by atoms with Crippen LogP contribution in [0.25, 0.3) is 0 Å². The fraction of sp³-hybridized carbons (Fsp3) is 0.471. The quantitative estimate of drug-likeness (QED) is 0.927. The van der Waals surface area contributed by atoms with E-state index in [-0.39, 0.29) is 11.8 Å². The van der Waals surface area contributed by atoms with Crippen molar-refractivity contribution in [2.75, 3.05) is 6.54 Å². The molecule has 1 aliphatic heterocycles. The lowest BCUT2D eigenvalue weighted by atomic mass is 10.1. The molecule has 0 bridgehead atoms. The van der Waals surface area contributed by atoms with Crippen molar-refractivity contribution in [3.8, 4) is 0 Å². The second-order valence-corrected chi connectivity index (χ2v) is 6.28. The Morgan fingerprint density at radius 2 is 2.09 bits per heavy atom. The van der Waals surface area contributed by atoms with Crippen LogP contribution in [0.2, 0.25) is 0 Å². The largest absolute Gasteiger partial charge is 0.352 e. The van der Waals surface area contributed by atoms with Gasteiger partial charge >= 0.3 is 0 Å². The zero-order valence-electron chi connectivity index (χ0n) is 13.6. The second-order valence-electron chi connectivity index (χ2n) is 6.28. The topological polar surface area (TPSA) is 63.1 Å². The predicted molar refractivity (Wildman–Crippen MR) is 87.3 cm³/mol. The summed E-state index contributed by atoms with van der Waals surface area (Å²) in [7, 11) is 0. The van der Waals surface area contributed by atoms with Gasteiger partial charge in [0.2, 0.25) is 5.91 Å². The van der Waals surface area contributed by atoms with E-state index in [9.17, 15) is 4.79 Å². The number of nitrogens with zero attached hydrogens (tertiary/aromatic N) is 4. The smallest absolute Gasteiger partial charge is 0.226 e. The highest BCUT2D eigenvalue weighted by Crippen LogP contribution is 2.16. The molecule has 1 aromatic carbocycles. The maximum atomic E-state index is 12.6. The summed E-state index contributed by atoms with van der Waals surface area (Å²) in [6.45, 7) is 6.89. The minimum absolute atomic E-state index is 0.0721. The van der Waals surface area contributed by atoms with E-state index in [1.165, 1.54) is 0 Å². The molecule has 122 valence electrons. The molecule has 1 atom stereocenters. The highest BCUT2D eigenvalue weighted by Gasteiger charge is 2.29. The molecule has 0 aliphatic carbocycles. The molecule has 1 N–H and O–H groups in total. The zero-order valence-corrected chi connectivity index (χ0v) is 13.6. The Hall–Kier alpha value is -2.21. The van der Waals surface area contributed by atoms with Crippen LogP contribution >= 0.6 is 0 Å². The van der Waals surface area contributed by atoms with Gasteiger partial charge in [0.1, 0.15) is 12.2 Å². The van der Waals surface area contributed by atoms with Crippen LogP contribution in [-0.2, 0) is 24.4 Å². The third-order valence-electron chi connectivity index (χ3n) is 4.30. The monoisotopic (exact) mass is 313 g/mol. The molecule has 1 aromatic heterocycles. The SMILES string of the molecule is CC(C)N1Cc2ncnn2C[C@H](C(=O)NCc2ccccc2)C1. The van der Waals surface area contributed by atoms with E-state index in [4.69, 9.17) is 0 Å². The van der Waals surface area contributed by atoms with Crippen LogP contribution in [-0.4, -0.2) is 38.2 Å². The average molecular weight is 313 g/mol. The first kappa shape index (κ1) is 15.7. The number of aromatic nitrogens is 3. The molecule has 0 spiro atoms. The van der Waals surface area contributed by atoms with E-state index in [2.05, 4.69) is 34.1 Å². The molecule has 0 unspecified atom stereocenters. The Labute approximate surface area is 136 Å². The Kier molecular flexibility index (Phi) is 4.71. The Bertz CT molecular complexity index is 652. The highest BCUT2D eigenvalue weighted by molar-refractivity contribution is 5.78. The van der Waals surface area contributed by atoms with Crippen LogP contribution < -0.4 is 5.32 Å². The number of fused-ring (bicyclic) bond motifs is 1. The Balaban J connectivity index is 1.69. The number of nitrogens with one attached hydrogen (secondary N) is 1. The van der Waals surface area contributed by atoms with Crippen molar-refractivity contribution in [1.29, 1.82) is 0 Å². The van der Waals surface area contributed by atoms with Gasteiger partial charge in [-0.05, 0) is 19.4 Å². The molecule has 2 aromatic rings. The minimum atomic E-state index is -0.121. The van der Waals surface area contributed by atoms with E-state index in [0.29, 0.717) is 19.1 Å². The molecule has 23 heavy (non-hydrogen) atoms.